The number of thioether (sulfide) groups is 1. The van der Waals surface area contributed by atoms with Crippen LogP contribution < -0.4 is 4.74 Å². The van der Waals surface area contributed by atoms with Crippen LogP contribution in [0.3, 0.4) is 0 Å². The fraction of sp³-hybridized carbons (Fsp3) is 0.235. The molecule has 0 saturated carbocycles. The van der Waals surface area contributed by atoms with Crippen molar-refractivity contribution < 1.29 is 9.53 Å². The first kappa shape index (κ1) is 14.7. The van der Waals surface area contributed by atoms with Gasteiger partial charge >= 0.3 is 0 Å². The molecule has 0 amide bonds. The summed E-state index contributed by atoms with van der Waals surface area (Å²) in [5.74, 6) is 1.50. The lowest BCUT2D eigenvalue weighted by molar-refractivity contribution is 0.108. The second kappa shape index (κ2) is 7.75. The van der Waals surface area contributed by atoms with E-state index in [4.69, 9.17) is 4.74 Å². The largest absolute Gasteiger partial charge is 0.488 e. The predicted octanol–water partition coefficient (Wildman–Crippen LogP) is 4.55. The van der Waals surface area contributed by atoms with Crippen LogP contribution >= 0.6 is 11.8 Å². The van der Waals surface area contributed by atoms with E-state index in [0.717, 1.165) is 17.7 Å². The van der Waals surface area contributed by atoms with Gasteiger partial charge in [-0.1, -0.05) is 61.2 Å². The van der Waals surface area contributed by atoms with E-state index < -0.39 is 0 Å². The summed E-state index contributed by atoms with van der Waals surface area (Å²) in [6.07, 6.45) is 0.990. The lowest BCUT2D eigenvalue weighted by atomic mass is 10.2. The van der Waals surface area contributed by atoms with Gasteiger partial charge in [-0.05, 0) is 24.1 Å². The molecule has 104 valence electrons. The molecule has 2 nitrogen and oxygen atoms in total. The van der Waals surface area contributed by atoms with Crippen LogP contribution in [0.5, 0.6) is 5.75 Å². The van der Waals surface area contributed by atoms with Crippen LogP contribution in [0, 0.1) is 0 Å². The third-order valence-corrected chi connectivity index (χ3v) is 3.88. The van der Waals surface area contributed by atoms with Crippen molar-refractivity contribution in [2.75, 3.05) is 5.75 Å². The van der Waals surface area contributed by atoms with Gasteiger partial charge in [-0.2, -0.15) is 0 Å². The molecule has 0 saturated heterocycles. The summed E-state index contributed by atoms with van der Waals surface area (Å²) >= 11 is 1.35. The first-order chi connectivity index (χ1) is 9.81. The van der Waals surface area contributed by atoms with Crippen LogP contribution in [0.4, 0.5) is 0 Å². The number of benzene rings is 2. The molecule has 2 aromatic carbocycles. The van der Waals surface area contributed by atoms with Gasteiger partial charge in [0.15, 0.2) is 0 Å². The van der Waals surface area contributed by atoms with E-state index in [-0.39, 0.29) is 5.12 Å². The Bertz CT molecular complexity index is 552. The van der Waals surface area contributed by atoms with Crippen LogP contribution in [-0.2, 0) is 6.61 Å². The Morgan fingerprint density at radius 3 is 2.50 bits per heavy atom. The van der Waals surface area contributed by atoms with Gasteiger partial charge in [0.05, 0.1) is 5.56 Å². The van der Waals surface area contributed by atoms with Crippen molar-refractivity contribution in [2.24, 2.45) is 0 Å². The highest BCUT2D eigenvalue weighted by molar-refractivity contribution is 8.14. The lowest BCUT2D eigenvalue weighted by Gasteiger charge is -2.10. The van der Waals surface area contributed by atoms with E-state index in [0.29, 0.717) is 17.9 Å². The number of rotatable bonds is 6. The minimum Gasteiger partial charge on any atom is -0.488 e. The van der Waals surface area contributed by atoms with Crippen molar-refractivity contribution in [1.29, 1.82) is 0 Å². The third kappa shape index (κ3) is 4.14. The zero-order chi connectivity index (χ0) is 14.2. The van der Waals surface area contributed by atoms with Gasteiger partial charge < -0.3 is 4.74 Å². The highest BCUT2D eigenvalue weighted by atomic mass is 32.2. The first-order valence-corrected chi connectivity index (χ1v) is 7.72. The maximum Gasteiger partial charge on any atom is 0.223 e. The quantitative estimate of drug-likeness (QED) is 0.779. The Morgan fingerprint density at radius 2 is 1.75 bits per heavy atom. The standard InChI is InChI=1S/C17H18O2S/c1-2-12-20-17(18)15-10-6-7-11-16(15)19-13-14-8-4-3-5-9-14/h3-11H,2,12-13H2,1H3. The third-order valence-electron chi connectivity index (χ3n) is 2.78. The summed E-state index contributed by atoms with van der Waals surface area (Å²) in [7, 11) is 0. The van der Waals surface area contributed by atoms with Gasteiger partial charge in [0.25, 0.3) is 0 Å². The Morgan fingerprint density at radius 1 is 1.05 bits per heavy atom. The maximum absolute atomic E-state index is 12.1. The SMILES string of the molecule is CCCSC(=O)c1ccccc1OCc1ccccc1. The van der Waals surface area contributed by atoms with Crippen LogP contribution in [0.15, 0.2) is 54.6 Å². The Hall–Kier alpha value is -1.74. The van der Waals surface area contributed by atoms with Gasteiger partial charge in [-0.15, -0.1) is 0 Å². The van der Waals surface area contributed by atoms with Crippen molar-refractivity contribution in [3.8, 4) is 5.75 Å². The van der Waals surface area contributed by atoms with Crippen LogP contribution in [-0.4, -0.2) is 10.9 Å². The molecule has 0 fully saturated rings. The zero-order valence-electron chi connectivity index (χ0n) is 11.5. The molecule has 0 N–H and O–H groups in total. The number of hydrogen-bond acceptors (Lipinski definition) is 3. The molecule has 0 heterocycles. The van der Waals surface area contributed by atoms with Crippen molar-refractivity contribution in [3.05, 3.63) is 65.7 Å². The molecule has 0 unspecified atom stereocenters. The fourth-order valence-corrected chi connectivity index (χ4v) is 2.48. The smallest absolute Gasteiger partial charge is 0.223 e. The molecule has 20 heavy (non-hydrogen) atoms. The first-order valence-electron chi connectivity index (χ1n) is 6.74. The summed E-state index contributed by atoms with van der Waals surface area (Å²) in [5.41, 5.74) is 1.75. The summed E-state index contributed by atoms with van der Waals surface area (Å²) in [6, 6.07) is 17.4. The van der Waals surface area contributed by atoms with Gasteiger partial charge in [0.2, 0.25) is 5.12 Å². The second-order valence-corrected chi connectivity index (χ2v) is 5.47. The van der Waals surface area contributed by atoms with E-state index in [9.17, 15) is 4.79 Å². The van der Waals surface area contributed by atoms with Gasteiger partial charge in [0.1, 0.15) is 12.4 Å². The normalized spacial score (nSPS) is 10.2. The van der Waals surface area contributed by atoms with Gasteiger partial charge in [0, 0.05) is 5.75 Å². The molecule has 0 aliphatic carbocycles. The number of para-hydroxylation sites is 1. The van der Waals surface area contributed by atoms with Crippen LogP contribution in [0.2, 0.25) is 0 Å². The minimum absolute atomic E-state index is 0.0792. The van der Waals surface area contributed by atoms with Crippen LogP contribution in [0.25, 0.3) is 0 Å². The topological polar surface area (TPSA) is 26.3 Å². The van der Waals surface area contributed by atoms with E-state index in [2.05, 4.69) is 6.92 Å². The number of hydrogen-bond donors (Lipinski definition) is 0. The molecule has 0 aliphatic rings. The lowest BCUT2D eigenvalue weighted by Crippen LogP contribution is -2.02. The molecule has 2 aromatic rings. The molecule has 2 rings (SSSR count). The maximum atomic E-state index is 12.1. The highest BCUT2D eigenvalue weighted by Crippen LogP contribution is 2.24. The minimum atomic E-state index is 0.0792. The monoisotopic (exact) mass is 286 g/mol. The summed E-state index contributed by atoms with van der Waals surface area (Å²) in [5, 5.41) is 0.0792. The molecule has 0 aliphatic heterocycles. The second-order valence-electron chi connectivity index (χ2n) is 4.41. The molecule has 0 aromatic heterocycles. The van der Waals surface area contributed by atoms with Crippen molar-refractivity contribution in [1.82, 2.24) is 0 Å². The Kier molecular flexibility index (Phi) is 5.69. The number of ether oxygens (including phenoxy) is 1. The molecule has 0 spiro atoms. The Balaban J connectivity index is 2.06. The molecular formula is C17H18O2S. The number of carbonyl (C=O) groups excluding carboxylic acids is 1. The van der Waals surface area contributed by atoms with E-state index >= 15 is 0 Å². The number of carbonyl (C=O) groups is 1. The van der Waals surface area contributed by atoms with E-state index in [1.807, 2.05) is 54.6 Å². The molecule has 0 atom stereocenters. The Labute approximate surface area is 124 Å². The average Bonchev–Trinajstić information content (AvgIpc) is 2.52. The molecule has 0 radical (unpaired) electrons. The van der Waals surface area contributed by atoms with Gasteiger partial charge in [-0.25, -0.2) is 0 Å². The zero-order valence-corrected chi connectivity index (χ0v) is 12.4. The predicted molar refractivity (Wildman–Crippen MR) is 84.3 cm³/mol. The summed E-state index contributed by atoms with van der Waals surface area (Å²) < 4.78 is 5.79. The fourth-order valence-electron chi connectivity index (χ4n) is 1.77. The van der Waals surface area contributed by atoms with E-state index in [1.165, 1.54) is 11.8 Å². The van der Waals surface area contributed by atoms with Crippen molar-refractivity contribution >= 4 is 16.9 Å². The highest BCUT2D eigenvalue weighted by Gasteiger charge is 2.12. The van der Waals surface area contributed by atoms with Crippen LogP contribution in [0.1, 0.15) is 29.3 Å². The molecule has 0 bridgehead atoms. The summed E-state index contributed by atoms with van der Waals surface area (Å²) in [4.78, 5) is 12.1. The van der Waals surface area contributed by atoms with Crippen molar-refractivity contribution in [2.45, 2.75) is 20.0 Å². The summed E-state index contributed by atoms with van der Waals surface area (Å²) in [6.45, 7) is 2.54. The van der Waals surface area contributed by atoms with Gasteiger partial charge in [-0.3, -0.25) is 4.79 Å². The van der Waals surface area contributed by atoms with Crippen molar-refractivity contribution in [3.63, 3.8) is 0 Å². The molecular weight excluding hydrogens is 268 g/mol. The average molecular weight is 286 g/mol. The molecule has 3 heteroatoms. The van der Waals surface area contributed by atoms with E-state index in [1.54, 1.807) is 0 Å².